The van der Waals surface area contributed by atoms with E-state index in [4.69, 9.17) is 5.73 Å². The van der Waals surface area contributed by atoms with Gasteiger partial charge in [0.2, 0.25) is 0 Å². The Balaban J connectivity index is 2.03. The van der Waals surface area contributed by atoms with E-state index < -0.39 is 0 Å². The van der Waals surface area contributed by atoms with E-state index in [1.165, 1.54) is 25.7 Å². The number of nitrogens with zero attached hydrogens (tertiary/aromatic N) is 1. The van der Waals surface area contributed by atoms with Crippen molar-refractivity contribution in [3.8, 4) is 0 Å². The van der Waals surface area contributed by atoms with Crippen molar-refractivity contribution in [3.05, 3.63) is 30.1 Å². The third-order valence-electron chi connectivity index (χ3n) is 3.68. The van der Waals surface area contributed by atoms with Crippen molar-refractivity contribution in [1.82, 2.24) is 4.98 Å². The van der Waals surface area contributed by atoms with Gasteiger partial charge in [0.15, 0.2) is 0 Å². The molecule has 1 fully saturated rings. The Morgan fingerprint density at radius 1 is 1.39 bits per heavy atom. The summed E-state index contributed by atoms with van der Waals surface area (Å²) in [6, 6.07) is 6.28. The molecule has 1 aliphatic carbocycles. The van der Waals surface area contributed by atoms with Crippen LogP contribution in [0.25, 0.3) is 0 Å². The standard InChI is InChI=1S/C15H24N2S/c1-11-6-5-7-13(10-11)18-15(12(2)16)14-8-3-4-9-17-14/h3-4,8-9,11-13,15H,5-7,10,16H2,1-2H3. The zero-order chi connectivity index (χ0) is 13.0. The van der Waals surface area contributed by atoms with Gasteiger partial charge < -0.3 is 5.73 Å². The number of thioether (sulfide) groups is 1. The molecule has 1 aromatic heterocycles. The van der Waals surface area contributed by atoms with Crippen LogP contribution in [0.15, 0.2) is 24.4 Å². The van der Waals surface area contributed by atoms with Crippen molar-refractivity contribution in [2.75, 3.05) is 0 Å². The molecule has 3 heteroatoms. The third-order valence-corrected chi connectivity index (χ3v) is 5.46. The maximum Gasteiger partial charge on any atom is 0.0621 e. The number of nitrogens with two attached hydrogens (primary N) is 1. The average Bonchev–Trinajstić information content (AvgIpc) is 2.37. The SMILES string of the molecule is CC1CCCC(SC(c2ccccn2)C(C)N)C1. The summed E-state index contributed by atoms with van der Waals surface area (Å²) < 4.78 is 0. The highest BCUT2D eigenvalue weighted by Gasteiger charge is 2.26. The smallest absolute Gasteiger partial charge is 0.0621 e. The van der Waals surface area contributed by atoms with Crippen molar-refractivity contribution in [2.45, 2.75) is 56.1 Å². The second-order valence-corrected chi connectivity index (χ2v) is 7.01. The molecule has 0 spiro atoms. The lowest BCUT2D eigenvalue weighted by molar-refractivity contribution is 0.393. The van der Waals surface area contributed by atoms with Crippen LogP contribution in [0.3, 0.4) is 0 Å². The van der Waals surface area contributed by atoms with E-state index in [-0.39, 0.29) is 6.04 Å². The van der Waals surface area contributed by atoms with Crippen LogP contribution in [-0.2, 0) is 0 Å². The third kappa shape index (κ3) is 3.72. The molecule has 0 saturated heterocycles. The zero-order valence-electron chi connectivity index (χ0n) is 11.4. The molecule has 2 N–H and O–H groups in total. The van der Waals surface area contributed by atoms with Crippen LogP contribution in [0.2, 0.25) is 0 Å². The number of hydrogen-bond acceptors (Lipinski definition) is 3. The molecule has 2 rings (SSSR count). The van der Waals surface area contributed by atoms with Crippen LogP contribution in [-0.4, -0.2) is 16.3 Å². The van der Waals surface area contributed by atoms with Crippen molar-refractivity contribution < 1.29 is 0 Å². The van der Waals surface area contributed by atoms with Gasteiger partial charge in [-0.3, -0.25) is 4.98 Å². The molecule has 1 saturated carbocycles. The van der Waals surface area contributed by atoms with Crippen LogP contribution >= 0.6 is 11.8 Å². The van der Waals surface area contributed by atoms with Crippen molar-refractivity contribution in [1.29, 1.82) is 0 Å². The number of rotatable bonds is 4. The van der Waals surface area contributed by atoms with Crippen molar-refractivity contribution in [2.24, 2.45) is 11.7 Å². The molecule has 4 unspecified atom stereocenters. The molecule has 1 aliphatic rings. The first kappa shape index (κ1) is 13.9. The van der Waals surface area contributed by atoms with Crippen LogP contribution in [0.5, 0.6) is 0 Å². The van der Waals surface area contributed by atoms with Crippen LogP contribution in [0, 0.1) is 5.92 Å². The highest BCUT2D eigenvalue weighted by atomic mass is 32.2. The minimum Gasteiger partial charge on any atom is -0.327 e. The predicted molar refractivity (Wildman–Crippen MR) is 79.6 cm³/mol. The topological polar surface area (TPSA) is 38.9 Å². The zero-order valence-corrected chi connectivity index (χ0v) is 12.2. The van der Waals surface area contributed by atoms with Gasteiger partial charge in [0, 0.05) is 17.5 Å². The lowest BCUT2D eigenvalue weighted by Gasteiger charge is -2.30. The Hall–Kier alpha value is -0.540. The van der Waals surface area contributed by atoms with E-state index in [1.807, 2.05) is 24.0 Å². The van der Waals surface area contributed by atoms with Gasteiger partial charge in [-0.1, -0.05) is 25.8 Å². The van der Waals surface area contributed by atoms with Gasteiger partial charge in [0.1, 0.15) is 0 Å². The van der Waals surface area contributed by atoms with E-state index in [1.54, 1.807) is 0 Å². The molecule has 0 aromatic carbocycles. The molecule has 0 bridgehead atoms. The first-order valence-corrected chi connectivity index (χ1v) is 7.93. The Bertz CT molecular complexity index is 353. The summed E-state index contributed by atoms with van der Waals surface area (Å²) in [5.41, 5.74) is 7.29. The van der Waals surface area contributed by atoms with Gasteiger partial charge in [-0.05, 0) is 37.8 Å². The lowest BCUT2D eigenvalue weighted by atomic mass is 9.90. The van der Waals surface area contributed by atoms with Crippen LogP contribution < -0.4 is 5.73 Å². The molecule has 18 heavy (non-hydrogen) atoms. The van der Waals surface area contributed by atoms with E-state index in [9.17, 15) is 0 Å². The average molecular weight is 264 g/mol. The normalized spacial score (nSPS) is 27.7. The molecule has 1 heterocycles. The molecular weight excluding hydrogens is 240 g/mol. The summed E-state index contributed by atoms with van der Waals surface area (Å²) in [6.07, 6.45) is 7.30. The Labute approximate surface area is 115 Å². The number of pyridine rings is 1. The summed E-state index contributed by atoms with van der Waals surface area (Å²) in [7, 11) is 0. The minimum absolute atomic E-state index is 0.155. The summed E-state index contributed by atoms with van der Waals surface area (Å²) in [6.45, 7) is 4.47. The maximum atomic E-state index is 6.16. The minimum atomic E-state index is 0.155. The number of hydrogen-bond donors (Lipinski definition) is 1. The van der Waals surface area contributed by atoms with Gasteiger partial charge in [0.25, 0.3) is 0 Å². The number of aromatic nitrogens is 1. The molecule has 0 aliphatic heterocycles. The van der Waals surface area contributed by atoms with Gasteiger partial charge >= 0.3 is 0 Å². The first-order valence-electron chi connectivity index (χ1n) is 6.98. The van der Waals surface area contributed by atoms with Gasteiger partial charge in [-0.15, -0.1) is 11.8 Å². The molecule has 4 atom stereocenters. The predicted octanol–water partition coefficient (Wildman–Crippen LogP) is 3.78. The lowest BCUT2D eigenvalue weighted by Crippen LogP contribution is -2.26. The van der Waals surface area contributed by atoms with Gasteiger partial charge in [0.05, 0.1) is 10.9 Å². The summed E-state index contributed by atoms with van der Waals surface area (Å²) in [4.78, 5) is 4.48. The molecule has 1 aromatic rings. The second-order valence-electron chi connectivity index (χ2n) is 5.56. The van der Waals surface area contributed by atoms with Gasteiger partial charge in [-0.2, -0.15) is 0 Å². The summed E-state index contributed by atoms with van der Waals surface area (Å²) >= 11 is 2.04. The molecule has 2 nitrogen and oxygen atoms in total. The van der Waals surface area contributed by atoms with Crippen molar-refractivity contribution >= 4 is 11.8 Å². The largest absolute Gasteiger partial charge is 0.327 e. The second kappa shape index (κ2) is 6.58. The molecule has 0 radical (unpaired) electrons. The van der Waals surface area contributed by atoms with Crippen LogP contribution in [0.1, 0.15) is 50.5 Å². The van der Waals surface area contributed by atoms with E-state index in [0.717, 1.165) is 16.9 Å². The fraction of sp³-hybridized carbons (Fsp3) is 0.667. The Morgan fingerprint density at radius 2 is 2.22 bits per heavy atom. The maximum absolute atomic E-state index is 6.16. The van der Waals surface area contributed by atoms with Gasteiger partial charge in [-0.25, -0.2) is 0 Å². The Morgan fingerprint density at radius 3 is 2.83 bits per heavy atom. The Kier molecular flexibility index (Phi) is 5.07. The molecular formula is C15H24N2S. The van der Waals surface area contributed by atoms with Crippen LogP contribution in [0.4, 0.5) is 0 Å². The summed E-state index contributed by atoms with van der Waals surface area (Å²) in [5.74, 6) is 0.869. The summed E-state index contributed by atoms with van der Waals surface area (Å²) in [5, 5.41) is 1.09. The monoisotopic (exact) mass is 264 g/mol. The highest BCUT2D eigenvalue weighted by molar-refractivity contribution is 8.00. The quantitative estimate of drug-likeness (QED) is 0.899. The van der Waals surface area contributed by atoms with E-state index >= 15 is 0 Å². The fourth-order valence-electron chi connectivity index (χ4n) is 2.72. The highest BCUT2D eigenvalue weighted by Crippen LogP contribution is 2.40. The van der Waals surface area contributed by atoms with E-state index in [2.05, 4.69) is 31.0 Å². The van der Waals surface area contributed by atoms with E-state index in [0.29, 0.717) is 5.25 Å². The molecule has 0 amide bonds. The van der Waals surface area contributed by atoms with Crippen molar-refractivity contribution in [3.63, 3.8) is 0 Å². The first-order chi connectivity index (χ1) is 8.66. The fourth-order valence-corrected chi connectivity index (χ4v) is 4.40. The molecule has 100 valence electrons.